The lowest BCUT2D eigenvalue weighted by Gasteiger charge is -2.04. The molecule has 1 heteroatoms. The van der Waals surface area contributed by atoms with E-state index in [0.717, 1.165) is 0 Å². The minimum Gasteiger partial charge on any atom is -0.0622 e. The summed E-state index contributed by atoms with van der Waals surface area (Å²) in [4.78, 5) is 0. The third-order valence-corrected chi connectivity index (χ3v) is 5.80. The number of alkyl halides is 1. The van der Waals surface area contributed by atoms with Gasteiger partial charge in [-0.1, -0.05) is 62.4 Å². The lowest BCUT2D eigenvalue weighted by molar-refractivity contribution is -0.643. The summed E-state index contributed by atoms with van der Waals surface area (Å²) in [6.07, 6.45) is 0. The zero-order chi connectivity index (χ0) is 12.1. The molecular weight excluding hydrogens is 319 g/mol. The Morgan fingerprint density at radius 1 is 0.882 bits per heavy atom. The predicted molar refractivity (Wildman–Crippen MR) is 69.4 cm³/mol. The molecule has 0 aromatic heterocycles. The Bertz CT molecular complexity index is 460. The van der Waals surface area contributed by atoms with Gasteiger partial charge in [-0.2, -0.15) is 0 Å². The second-order valence-electron chi connectivity index (χ2n) is 4.43. The van der Waals surface area contributed by atoms with Gasteiger partial charge >= 0.3 is 21.2 Å². The van der Waals surface area contributed by atoms with E-state index in [1.165, 1.54) is 15.6 Å². The summed E-state index contributed by atoms with van der Waals surface area (Å²) in [6, 6.07) is 19.7. The van der Waals surface area contributed by atoms with E-state index in [1.807, 2.05) is 0 Å². The molecule has 0 nitrogen and oxygen atoms in total. The number of rotatable bonds is 4. The van der Waals surface area contributed by atoms with E-state index < -0.39 is 0 Å². The van der Waals surface area contributed by atoms with Crippen LogP contribution in [0.15, 0.2) is 54.6 Å². The SMILES string of the molecule is CC(C)c1ccccc1[I+]Cc1ccccc1. The Balaban J connectivity index is 2.09. The average Bonchev–Trinajstić information content (AvgIpc) is 2.38. The molecule has 0 amide bonds. The number of benzene rings is 2. The molecule has 0 radical (unpaired) electrons. The van der Waals surface area contributed by atoms with E-state index in [9.17, 15) is 0 Å². The van der Waals surface area contributed by atoms with Crippen LogP contribution in [0.5, 0.6) is 0 Å². The Labute approximate surface area is 114 Å². The van der Waals surface area contributed by atoms with Crippen molar-refractivity contribution in [3.63, 3.8) is 0 Å². The van der Waals surface area contributed by atoms with Crippen LogP contribution < -0.4 is 21.2 Å². The fraction of sp³-hybridized carbons (Fsp3) is 0.250. The second kappa shape index (κ2) is 6.20. The summed E-state index contributed by atoms with van der Waals surface area (Å²) in [5, 5.41) is 0. The molecule has 0 fully saturated rings. The van der Waals surface area contributed by atoms with Crippen LogP contribution in [-0.4, -0.2) is 0 Å². The molecule has 0 aliphatic heterocycles. The maximum Gasteiger partial charge on any atom is 0.318 e. The molecule has 0 saturated carbocycles. The third kappa shape index (κ3) is 3.56. The molecule has 0 bridgehead atoms. The standard InChI is InChI=1S/C16H18I/c1-13(2)15-10-6-7-11-16(15)17-12-14-8-4-3-5-9-14/h3-11,13H,12H2,1-2H3/q+1. The fourth-order valence-electron chi connectivity index (χ4n) is 1.78. The van der Waals surface area contributed by atoms with Crippen LogP contribution in [-0.2, 0) is 4.43 Å². The lowest BCUT2D eigenvalue weighted by Crippen LogP contribution is -3.61. The number of halogens is 1. The van der Waals surface area contributed by atoms with Crippen LogP contribution >= 0.6 is 0 Å². The summed E-state index contributed by atoms with van der Waals surface area (Å²) >= 11 is 0.0929. The molecule has 0 spiro atoms. The van der Waals surface area contributed by atoms with Gasteiger partial charge in [-0.15, -0.1) is 0 Å². The van der Waals surface area contributed by atoms with Gasteiger partial charge in [-0.05, 0) is 17.5 Å². The van der Waals surface area contributed by atoms with E-state index in [0.29, 0.717) is 5.92 Å². The van der Waals surface area contributed by atoms with Gasteiger partial charge in [0.05, 0.1) is 0 Å². The maximum atomic E-state index is 2.31. The van der Waals surface area contributed by atoms with Crippen LogP contribution in [0.4, 0.5) is 0 Å². The number of hydrogen-bond acceptors (Lipinski definition) is 0. The highest BCUT2D eigenvalue weighted by atomic mass is 127. The van der Waals surface area contributed by atoms with E-state index in [1.54, 1.807) is 3.57 Å². The van der Waals surface area contributed by atoms with Crippen molar-refractivity contribution in [3.05, 3.63) is 69.3 Å². The molecule has 2 rings (SSSR count). The van der Waals surface area contributed by atoms with Gasteiger partial charge in [-0.25, -0.2) is 0 Å². The highest BCUT2D eigenvalue weighted by Gasteiger charge is 2.18. The molecule has 0 aliphatic carbocycles. The molecule has 0 saturated heterocycles. The van der Waals surface area contributed by atoms with Crippen LogP contribution in [0.2, 0.25) is 0 Å². The first-order valence-corrected chi connectivity index (χ1v) is 8.60. The van der Waals surface area contributed by atoms with Gasteiger partial charge in [0.25, 0.3) is 0 Å². The van der Waals surface area contributed by atoms with Crippen molar-refractivity contribution in [3.8, 4) is 0 Å². The lowest BCUT2D eigenvalue weighted by atomic mass is 10.0. The summed E-state index contributed by atoms with van der Waals surface area (Å²) < 4.78 is 2.84. The Morgan fingerprint density at radius 2 is 1.53 bits per heavy atom. The molecular formula is C16H18I+. The minimum atomic E-state index is 0.0929. The molecule has 17 heavy (non-hydrogen) atoms. The molecule has 2 aromatic rings. The topological polar surface area (TPSA) is 0 Å². The van der Waals surface area contributed by atoms with Gasteiger partial charge in [-0.3, -0.25) is 0 Å². The zero-order valence-corrected chi connectivity index (χ0v) is 12.5. The number of hydrogen-bond donors (Lipinski definition) is 0. The van der Waals surface area contributed by atoms with Gasteiger partial charge in [0, 0.05) is 5.56 Å². The summed E-state index contributed by atoms with van der Waals surface area (Å²) in [5.74, 6) is 0.640. The highest BCUT2D eigenvalue weighted by Crippen LogP contribution is 2.12. The molecule has 0 unspecified atom stereocenters. The Morgan fingerprint density at radius 3 is 2.24 bits per heavy atom. The van der Waals surface area contributed by atoms with Crippen molar-refractivity contribution in [2.45, 2.75) is 24.2 Å². The summed E-state index contributed by atoms with van der Waals surface area (Å²) in [5.41, 5.74) is 3.01. The molecule has 0 heterocycles. The monoisotopic (exact) mass is 337 g/mol. The molecule has 0 aliphatic rings. The normalized spacial score (nSPS) is 10.8. The van der Waals surface area contributed by atoms with E-state index in [2.05, 4.69) is 68.4 Å². The summed E-state index contributed by atoms with van der Waals surface area (Å²) in [7, 11) is 0. The van der Waals surface area contributed by atoms with Gasteiger partial charge < -0.3 is 0 Å². The van der Waals surface area contributed by atoms with Crippen molar-refractivity contribution in [2.24, 2.45) is 0 Å². The first kappa shape index (κ1) is 12.6. The fourth-order valence-corrected chi connectivity index (χ4v) is 4.85. The summed E-state index contributed by atoms with van der Waals surface area (Å²) in [6.45, 7) is 4.57. The predicted octanol–water partition coefficient (Wildman–Crippen LogP) is 1.27. The Kier molecular flexibility index (Phi) is 4.60. The first-order chi connectivity index (χ1) is 8.27. The van der Waals surface area contributed by atoms with E-state index in [4.69, 9.17) is 0 Å². The zero-order valence-electron chi connectivity index (χ0n) is 10.4. The van der Waals surface area contributed by atoms with Crippen LogP contribution in [0, 0.1) is 3.57 Å². The quantitative estimate of drug-likeness (QED) is 0.582. The largest absolute Gasteiger partial charge is 0.318 e. The van der Waals surface area contributed by atoms with Crippen molar-refractivity contribution < 1.29 is 21.2 Å². The van der Waals surface area contributed by atoms with Gasteiger partial charge in [0.2, 0.25) is 0 Å². The van der Waals surface area contributed by atoms with Crippen LogP contribution in [0.25, 0.3) is 0 Å². The van der Waals surface area contributed by atoms with Crippen LogP contribution in [0.3, 0.4) is 0 Å². The highest BCUT2D eigenvalue weighted by molar-refractivity contribution is 5.18. The smallest absolute Gasteiger partial charge is 0.0622 e. The molecule has 2 aromatic carbocycles. The molecule has 88 valence electrons. The minimum absolute atomic E-state index is 0.0929. The van der Waals surface area contributed by atoms with E-state index in [-0.39, 0.29) is 21.2 Å². The van der Waals surface area contributed by atoms with Crippen molar-refractivity contribution in [1.82, 2.24) is 0 Å². The van der Waals surface area contributed by atoms with Crippen molar-refractivity contribution in [2.75, 3.05) is 0 Å². The maximum absolute atomic E-state index is 2.31. The van der Waals surface area contributed by atoms with Gasteiger partial charge in [0.1, 0.15) is 0 Å². The van der Waals surface area contributed by atoms with Crippen LogP contribution in [0.1, 0.15) is 30.9 Å². The van der Waals surface area contributed by atoms with Gasteiger partial charge in [0.15, 0.2) is 8.00 Å². The van der Waals surface area contributed by atoms with Crippen molar-refractivity contribution in [1.29, 1.82) is 0 Å². The molecule has 0 N–H and O–H groups in total. The molecule has 0 atom stereocenters. The first-order valence-electron chi connectivity index (χ1n) is 5.99. The average molecular weight is 337 g/mol. The second-order valence-corrected chi connectivity index (χ2v) is 7.12. The Hall–Kier alpha value is -0.830. The third-order valence-electron chi connectivity index (χ3n) is 2.74. The van der Waals surface area contributed by atoms with Crippen molar-refractivity contribution >= 4 is 0 Å². The van der Waals surface area contributed by atoms with E-state index >= 15 is 0 Å².